The molecule has 17 heavy (non-hydrogen) atoms. The summed E-state index contributed by atoms with van der Waals surface area (Å²) in [5, 5.41) is 17.5. The molecule has 0 spiro atoms. The predicted molar refractivity (Wildman–Crippen MR) is 59.8 cm³/mol. The van der Waals surface area contributed by atoms with Crippen LogP contribution in [-0.4, -0.2) is 22.2 Å². The predicted octanol–water partition coefficient (Wildman–Crippen LogP) is 1.72. The number of aliphatic carboxylic acids is 1. The molecule has 0 aliphatic heterocycles. The maximum atomic E-state index is 11.3. The van der Waals surface area contributed by atoms with Crippen molar-refractivity contribution in [2.75, 3.05) is 0 Å². The SMILES string of the molecule is C=C(CCC(=O)Oc1ccc(O)cc1)C(=O)O. The Labute approximate surface area is 98.0 Å². The van der Waals surface area contributed by atoms with E-state index in [1.54, 1.807) is 0 Å². The van der Waals surface area contributed by atoms with Crippen LogP contribution in [-0.2, 0) is 9.59 Å². The number of rotatable bonds is 5. The molecule has 0 aliphatic rings. The number of benzene rings is 1. The van der Waals surface area contributed by atoms with Gasteiger partial charge in [0.05, 0.1) is 6.42 Å². The van der Waals surface area contributed by atoms with Gasteiger partial charge in [0.15, 0.2) is 0 Å². The van der Waals surface area contributed by atoms with Crippen molar-refractivity contribution in [3.05, 3.63) is 36.4 Å². The van der Waals surface area contributed by atoms with E-state index < -0.39 is 11.9 Å². The van der Waals surface area contributed by atoms with E-state index in [0.717, 1.165) is 0 Å². The highest BCUT2D eigenvalue weighted by Crippen LogP contribution is 2.16. The minimum absolute atomic E-state index is 0.0346. The van der Waals surface area contributed by atoms with Crippen LogP contribution in [0.25, 0.3) is 0 Å². The van der Waals surface area contributed by atoms with Crippen LogP contribution in [0.1, 0.15) is 12.8 Å². The number of hydrogen-bond acceptors (Lipinski definition) is 4. The zero-order valence-corrected chi connectivity index (χ0v) is 9.05. The third-order valence-corrected chi connectivity index (χ3v) is 2.00. The summed E-state index contributed by atoms with van der Waals surface area (Å²) in [7, 11) is 0. The van der Waals surface area contributed by atoms with Gasteiger partial charge in [0, 0.05) is 5.57 Å². The van der Waals surface area contributed by atoms with Gasteiger partial charge in [-0.3, -0.25) is 4.79 Å². The van der Waals surface area contributed by atoms with Crippen molar-refractivity contribution in [1.82, 2.24) is 0 Å². The molecule has 0 aromatic heterocycles. The van der Waals surface area contributed by atoms with Crippen molar-refractivity contribution in [2.24, 2.45) is 0 Å². The highest BCUT2D eigenvalue weighted by molar-refractivity contribution is 5.86. The lowest BCUT2D eigenvalue weighted by atomic mass is 10.2. The van der Waals surface area contributed by atoms with Gasteiger partial charge in [0.25, 0.3) is 0 Å². The lowest BCUT2D eigenvalue weighted by molar-refractivity contribution is -0.134. The van der Waals surface area contributed by atoms with Gasteiger partial charge in [-0.05, 0) is 30.7 Å². The van der Waals surface area contributed by atoms with E-state index >= 15 is 0 Å². The van der Waals surface area contributed by atoms with Crippen molar-refractivity contribution in [3.8, 4) is 11.5 Å². The highest BCUT2D eigenvalue weighted by atomic mass is 16.5. The zero-order valence-electron chi connectivity index (χ0n) is 9.05. The van der Waals surface area contributed by atoms with Gasteiger partial charge in [-0.25, -0.2) is 4.79 Å². The van der Waals surface area contributed by atoms with Crippen LogP contribution in [0.15, 0.2) is 36.4 Å². The van der Waals surface area contributed by atoms with E-state index in [1.165, 1.54) is 24.3 Å². The van der Waals surface area contributed by atoms with Crippen molar-refractivity contribution in [2.45, 2.75) is 12.8 Å². The monoisotopic (exact) mass is 236 g/mol. The molecule has 0 bridgehead atoms. The Balaban J connectivity index is 2.42. The summed E-state index contributed by atoms with van der Waals surface area (Å²) in [6.07, 6.45) is -0.00173. The molecule has 0 atom stereocenters. The summed E-state index contributed by atoms with van der Waals surface area (Å²) in [5.41, 5.74) is -0.0346. The summed E-state index contributed by atoms with van der Waals surface area (Å²) in [6.45, 7) is 3.30. The van der Waals surface area contributed by atoms with Crippen LogP contribution in [0.5, 0.6) is 11.5 Å². The lowest BCUT2D eigenvalue weighted by Crippen LogP contribution is -2.09. The van der Waals surface area contributed by atoms with Crippen molar-refractivity contribution >= 4 is 11.9 Å². The van der Waals surface area contributed by atoms with E-state index in [9.17, 15) is 9.59 Å². The van der Waals surface area contributed by atoms with Crippen LogP contribution >= 0.6 is 0 Å². The third kappa shape index (κ3) is 4.38. The Kier molecular flexibility index (Phi) is 4.28. The number of carboxylic acids is 1. The number of carbonyl (C=O) groups excluding carboxylic acids is 1. The van der Waals surface area contributed by atoms with Crippen LogP contribution in [0.4, 0.5) is 0 Å². The van der Waals surface area contributed by atoms with E-state index in [0.29, 0.717) is 5.75 Å². The molecule has 0 fully saturated rings. The fraction of sp³-hybridized carbons (Fsp3) is 0.167. The Morgan fingerprint density at radius 2 is 1.76 bits per heavy atom. The standard InChI is InChI=1S/C12H12O5/c1-8(12(15)16)2-7-11(14)17-10-5-3-9(13)4-6-10/h3-6,13H,1-2,7H2,(H,15,16). The molecule has 0 unspecified atom stereocenters. The zero-order chi connectivity index (χ0) is 12.8. The fourth-order valence-electron chi connectivity index (χ4n) is 1.06. The maximum absolute atomic E-state index is 11.3. The first kappa shape index (κ1) is 12.8. The Morgan fingerprint density at radius 1 is 1.18 bits per heavy atom. The first-order chi connectivity index (χ1) is 7.99. The van der Waals surface area contributed by atoms with Gasteiger partial charge in [-0.1, -0.05) is 6.58 Å². The molecule has 0 amide bonds. The molecule has 5 nitrogen and oxygen atoms in total. The molecule has 90 valence electrons. The molecular formula is C12H12O5. The molecule has 0 saturated carbocycles. The maximum Gasteiger partial charge on any atom is 0.330 e. The summed E-state index contributed by atoms with van der Waals surface area (Å²) in [4.78, 5) is 21.7. The fourth-order valence-corrected chi connectivity index (χ4v) is 1.06. The van der Waals surface area contributed by atoms with Gasteiger partial charge < -0.3 is 14.9 Å². The van der Waals surface area contributed by atoms with Gasteiger partial charge >= 0.3 is 11.9 Å². The molecule has 0 radical (unpaired) electrons. The van der Waals surface area contributed by atoms with Crippen LogP contribution in [0.3, 0.4) is 0 Å². The Hall–Kier alpha value is -2.30. The van der Waals surface area contributed by atoms with E-state index in [1.807, 2.05) is 0 Å². The number of phenolic OH excluding ortho intramolecular Hbond substituents is 1. The van der Waals surface area contributed by atoms with Crippen molar-refractivity contribution in [1.29, 1.82) is 0 Å². The second-order valence-electron chi connectivity index (χ2n) is 3.38. The Bertz CT molecular complexity index is 433. The summed E-state index contributed by atoms with van der Waals surface area (Å²) < 4.78 is 4.92. The van der Waals surface area contributed by atoms with Gasteiger partial charge in [-0.15, -0.1) is 0 Å². The van der Waals surface area contributed by atoms with E-state index in [2.05, 4.69) is 6.58 Å². The molecule has 5 heteroatoms. The third-order valence-electron chi connectivity index (χ3n) is 2.00. The molecule has 2 N–H and O–H groups in total. The number of aromatic hydroxyl groups is 1. The average molecular weight is 236 g/mol. The van der Waals surface area contributed by atoms with Gasteiger partial charge in [0.1, 0.15) is 11.5 Å². The smallest absolute Gasteiger partial charge is 0.330 e. The number of carboxylic acid groups (broad SMARTS) is 1. The number of carbonyl (C=O) groups is 2. The number of ether oxygens (including phenoxy) is 1. The van der Waals surface area contributed by atoms with E-state index in [-0.39, 0.29) is 24.2 Å². The van der Waals surface area contributed by atoms with Gasteiger partial charge in [-0.2, -0.15) is 0 Å². The molecule has 0 saturated heterocycles. The summed E-state index contributed by atoms with van der Waals surface area (Å²) in [5.74, 6) is -1.29. The van der Waals surface area contributed by atoms with Crippen LogP contribution in [0, 0.1) is 0 Å². The second-order valence-corrected chi connectivity index (χ2v) is 3.38. The molecule has 0 heterocycles. The molecule has 1 aromatic rings. The molecule has 1 aromatic carbocycles. The minimum Gasteiger partial charge on any atom is -0.508 e. The highest BCUT2D eigenvalue weighted by Gasteiger charge is 2.09. The van der Waals surface area contributed by atoms with E-state index in [4.69, 9.17) is 14.9 Å². The van der Waals surface area contributed by atoms with Crippen LogP contribution < -0.4 is 4.74 Å². The first-order valence-electron chi connectivity index (χ1n) is 4.90. The van der Waals surface area contributed by atoms with Gasteiger partial charge in [0.2, 0.25) is 0 Å². The summed E-state index contributed by atoms with van der Waals surface area (Å²) in [6, 6.07) is 5.66. The molecule has 1 rings (SSSR count). The second kappa shape index (κ2) is 5.69. The molecular weight excluding hydrogens is 224 g/mol. The number of esters is 1. The summed E-state index contributed by atoms with van der Waals surface area (Å²) >= 11 is 0. The minimum atomic E-state index is -1.12. The quantitative estimate of drug-likeness (QED) is 0.462. The number of phenols is 1. The first-order valence-corrected chi connectivity index (χ1v) is 4.90. The average Bonchev–Trinajstić information content (AvgIpc) is 2.29. The largest absolute Gasteiger partial charge is 0.508 e. The van der Waals surface area contributed by atoms with Crippen molar-refractivity contribution in [3.63, 3.8) is 0 Å². The Morgan fingerprint density at radius 3 is 2.29 bits per heavy atom. The van der Waals surface area contributed by atoms with Crippen molar-refractivity contribution < 1.29 is 24.5 Å². The number of hydrogen-bond donors (Lipinski definition) is 2. The topological polar surface area (TPSA) is 83.8 Å². The molecule has 0 aliphatic carbocycles. The van der Waals surface area contributed by atoms with Crippen LogP contribution in [0.2, 0.25) is 0 Å². The lowest BCUT2D eigenvalue weighted by Gasteiger charge is -2.04. The normalized spacial score (nSPS) is 9.65.